The number of hydrogen-bond acceptors (Lipinski definition) is 3. The first-order valence-corrected chi connectivity index (χ1v) is 5.97. The SMILES string of the molecule is CC=Cc1ccc(C#N)c(N2CCNCC2)c1. The van der Waals surface area contributed by atoms with Crippen LogP contribution in [0.2, 0.25) is 0 Å². The van der Waals surface area contributed by atoms with Gasteiger partial charge >= 0.3 is 0 Å². The molecule has 1 heterocycles. The van der Waals surface area contributed by atoms with Gasteiger partial charge in [-0.1, -0.05) is 18.2 Å². The van der Waals surface area contributed by atoms with E-state index < -0.39 is 0 Å². The van der Waals surface area contributed by atoms with Crippen LogP contribution in [0.25, 0.3) is 6.08 Å². The summed E-state index contributed by atoms with van der Waals surface area (Å²) < 4.78 is 0. The molecule has 2 rings (SSSR count). The number of nitrogens with one attached hydrogen (secondary N) is 1. The van der Waals surface area contributed by atoms with E-state index in [1.807, 2.05) is 25.1 Å². The molecule has 0 saturated carbocycles. The fourth-order valence-electron chi connectivity index (χ4n) is 2.11. The Bertz CT molecular complexity index is 451. The van der Waals surface area contributed by atoms with Crippen LogP contribution in [0.5, 0.6) is 0 Å². The quantitative estimate of drug-likeness (QED) is 0.840. The minimum Gasteiger partial charge on any atom is -0.368 e. The van der Waals surface area contributed by atoms with E-state index in [9.17, 15) is 0 Å². The topological polar surface area (TPSA) is 39.1 Å². The van der Waals surface area contributed by atoms with E-state index in [4.69, 9.17) is 5.26 Å². The lowest BCUT2D eigenvalue weighted by Crippen LogP contribution is -2.43. The summed E-state index contributed by atoms with van der Waals surface area (Å²) in [5, 5.41) is 12.5. The monoisotopic (exact) mass is 227 g/mol. The van der Waals surface area contributed by atoms with Crippen molar-refractivity contribution in [3.05, 3.63) is 35.4 Å². The van der Waals surface area contributed by atoms with Gasteiger partial charge in [0.2, 0.25) is 0 Å². The molecule has 0 amide bonds. The molecule has 0 atom stereocenters. The summed E-state index contributed by atoms with van der Waals surface area (Å²) in [6.07, 6.45) is 4.08. The number of anilines is 1. The van der Waals surface area contributed by atoms with Crippen molar-refractivity contribution in [3.8, 4) is 6.07 Å². The van der Waals surface area contributed by atoms with Gasteiger partial charge in [-0.2, -0.15) is 5.26 Å². The van der Waals surface area contributed by atoms with Gasteiger partial charge in [-0.25, -0.2) is 0 Å². The first-order valence-electron chi connectivity index (χ1n) is 5.97. The highest BCUT2D eigenvalue weighted by Crippen LogP contribution is 2.23. The largest absolute Gasteiger partial charge is 0.368 e. The maximum atomic E-state index is 9.16. The lowest BCUT2D eigenvalue weighted by molar-refractivity contribution is 0.589. The average Bonchev–Trinajstić information content (AvgIpc) is 2.40. The highest BCUT2D eigenvalue weighted by atomic mass is 15.2. The third-order valence-electron chi connectivity index (χ3n) is 2.96. The van der Waals surface area contributed by atoms with Crippen LogP contribution in [0, 0.1) is 11.3 Å². The lowest BCUT2D eigenvalue weighted by atomic mass is 10.1. The molecule has 0 unspecified atom stereocenters. The van der Waals surface area contributed by atoms with E-state index in [1.54, 1.807) is 0 Å². The van der Waals surface area contributed by atoms with E-state index in [1.165, 1.54) is 0 Å². The zero-order chi connectivity index (χ0) is 12.1. The molecule has 0 spiro atoms. The maximum Gasteiger partial charge on any atom is 0.101 e. The average molecular weight is 227 g/mol. The molecule has 0 aromatic heterocycles. The second-order valence-electron chi connectivity index (χ2n) is 4.13. The molecular weight excluding hydrogens is 210 g/mol. The van der Waals surface area contributed by atoms with E-state index in [2.05, 4.69) is 28.4 Å². The van der Waals surface area contributed by atoms with Crippen LogP contribution < -0.4 is 10.2 Å². The molecule has 0 bridgehead atoms. The minimum atomic E-state index is 0.764. The summed E-state index contributed by atoms with van der Waals surface area (Å²) >= 11 is 0. The van der Waals surface area contributed by atoms with Crippen LogP contribution in [-0.4, -0.2) is 26.2 Å². The molecule has 1 aromatic rings. The van der Waals surface area contributed by atoms with Crippen LogP contribution in [0.3, 0.4) is 0 Å². The zero-order valence-electron chi connectivity index (χ0n) is 10.1. The normalized spacial score (nSPS) is 16.1. The Balaban J connectivity index is 2.34. The first kappa shape index (κ1) is 11.7. The summed E-state index contributed by atoms with van der Waals surface area (Å²) in [5.41, 5.74) is 2.98. The van der Waals surface area contributed by atoms with Crippen LogP contribution >= 0.6 is 0 Å². The van der Waals surface area contributed by atoms with Gasteiger partial charge in [-0.3, -0.25) is 0 Å². The van der Waals surface area contributed by atoms with Crippen molar-refractivity contribution in [2.24, 2.45) is 0 Å². The number of allylic oxidation sites excluding steroid dienone is 1. The number of hydrogen-bond donors (Lipinski definition) is 1. The second kappa shape index (κ2) is 5.51. The summed E-state index contributed by atoms with van der Waals surface area (Å²) in [6, 6.07) is 8.28. The highest BCUT2D eigenvalue weighted by Gasteiger charge is 2.14. The van der Waals surface area contributed by atoms with E-state index in [0.717, 1.165) is 43.0 Å². The van der Waals surface area contributed by atoms with Crippen LogP contribution in [0.1, 0.15) is 18.1 Å². The fourth-order valence-corrected chi connectivity index (χ4v) is 2.11. The predicted octanol–water partition coefficient (Wildman–Crippen LogP) is 2.00. The molecule has 17 heavy (non-hydrogen) atoms. The van der Waals surface area contributed by atoms with Crippen LogP contribution in [0.15, 0.2) is 24.3 Å². The maximum absolute atomic E-state index is 9.16. The van der Waals surface area contributed by atoms with Gasteiger partial charge in [-0.15, -0.1) is 0 Å². The summed E-state index contributed by atoms with van der Waals surface area (Å²) in [6.45, 7) is 5.90. The number of nitrogens with zero attached hydrogens (tertiary/aromatic N) is 2. The summed E-state index contributed by atoms with van der Waals surface area (Å²) in [4.78, 5) is 2.28. The molecule has 88 valence electrons. The summed E-state index contributed by atoms with van der Waals surface area (Å²) in [5.74, 6) is 0. The number of nitriles is 1. The second-order valence-corrected chi connectivity index (χ2v) is 4.13. The molecule has 3 nitrogen and oxygen atoms in total. The number of benzene rings is 1. The van der Waals surface area contributed by atoms with Gasteiger partial charge in [0.25, 0.3) is 0 Å². The van der Waals surface area contributed by atoms with Crippen molar-refractivity contribution in [1.29, 1.82) is 5.26 Å². The smallest absolute Gasteiger partial charge is 0.101 e. The molecule has 1 aliphatic heterocycles. The lowest BCUT2D eigenvalue weighted by Gasteiger charge is -2.30. The van der Waals surface area contributed by atoms with Gasteiger partial charge in [0, 0.05) is 26.2 Å². The molecule has 1 fully saturated rings. The third-order valence-corrected chi connectivity index (χ3v) is 2.96. The number of piperazine rings is 1. The van der Waals surface area contributed by atoms with Crippen molar-refractivity contribution < 1.29 is 0 Å². The zero-order valence-corrected chi connectivity index (χ0v) is 10.1. The van der Waals surface area contributed by atoms with Gasteiger partial charge < -0.3 is 10.2 Å². The Kier molecular flexibility index (Phi) is 3.79. The van der Waals surface area contributed by atoms with E-state index in [0.29, 0.717) is 0 Å². The number of rotatable bonds is 2. The molecule has 1 aromatic carbocycles. The fraction of sp³-hybridized carbons (Fsp3) is 0.357. The Labute approximate surface area is 102 Å². The van der Waals surface area contributed by atoms with E-state index in [-0.39, 0.29) is 0 Å². The van der Waals surface area contributed by atoms with Crippen molar-refractivity contribution in [2.75, 3.05) is 31.1 Å². The molecule has 3 heteroatoms. The molecule has 0 radical (unpaired) electrons. The summed E-state index contributed by atoms with van der Waals surface area (Å²) in [7, 11) is 0. The van der Waals surface area contributed by atoms with Gasteiger partial charge in [0.05, 0.1) is 11.3 Å². The molecule has 1 aliphatic rings. The third kappa shape index (κ3) is 2.66. The molecule has 1 N–H and O–H groups in total. The predicted molar refractivity (Wildman–Crippen MR) is 70.9 cm³/mol. The minimum absolute atomic E-state index is 0.764. The van der Waals surface area contributed by atoms with Gasteiger partial charge in [0.1, 0.15) is 6.07 Å². The first-order chi connectivity index (χ1) is 8.35. The standard InChI is InChI=1S/C14H17N3/c1-2-3-12-4-5-13(11-15)14(10-12)17-8-6-16-7-9-17/h2-5,10,16H,6-9H2,1H3. The Hall–Kier alpha value is -1.79. The van der Waals surface area contributed by atoms with E-state index >= 15 is 0 Å². The van der Waals surface area contributed by atoms with Gasteiger partial charge in [-0.05, 0) is 24.6 Å². The Morgan fingerprint density at radius 3 is 2.76 bits per heavy atom. The van der Waals surface area contributed by atoms with Gasteiger partial charge in [0.15, 0.2) is 0 Å². The Morgan fingerprint density at radius 2 is 2.12 bits per heavy atom. The molecule has 1 saturated heterocycles. The van der Waals surface area contributed by atoms with Crippen molar-refractivity contribution in [2.45, 2.75) is 6.92 Å². The van der Waals surface area contributed by atoms with Crippen molar-refractivity contribution >= 4 is 11.8 Å². The van der Waals surface area contributed by atoms with Crippen LogP contribution in [-0.2, 0) is 0 Å². The Morgan fingerprint density at radius 1 is 1.35 bits per heavy atom. The molecular formula is C14H17N3. The highest BCUT2D eigenvalue weighted by molar-refractivity contribution is 5.65. The van der Waals surface area contributed by atoms with Crippen molar-refractivity contribution in [1.82, 2.24) is 5.32 Å². The van der Waals surface area contributed by atoms with Crippen LogP contribution in [0.4, 0.5) is 5.69 Å². The molecule has 0 aliphatic carbocycles. The van der Waals surface area contributed by atoms with Crippen molar-refractivity contribution in [3.63, 3.8) is 0 Å².